The fraction of sp³-hybridized carbons (Fsp3) is 0.211. The molecule has 0 bridgehead atoms. The van der Waals surface area contributed by atoms with Crippen LogP contribution in [0, 0.1) is 0 Å². The molecule has 1 nitrogen and oxygen atoms in total. The Morgan fingerprint density at radius 3 is 2.45 bits per heavy atom. The Morgan fingerprint density at radius 2 is 1.70 bits per heavy atom. The molecule has 0 spiro atoms. The van der Waals surface area contributed by atoms with Crippen LogP contribution in [0.2, 0.25) is 0 Å². The first kappa shape index (κ1) is 12.9. The predicted octanol–water partition coefficient (Wildman–Crippen LogP) is 4.41. The molecule has 0 saturated carbocycles. The third-order valence-corrected chi connectivity index (χ3v) is 3.89. The molecule has 0 fully saturated rings. The van der Waals surface area contributed by atoms with E-state index in [2.05, 4.69) is 48.5 Å². The van der Waals surface area contributed by atoms with Crippen molar-refractivity contribution < 1.29 is 4.79 Å². The second kappa shape index (κ2) is 5.46. The van der Waals surface area contributed by atoms with Crippen molar-refractivity contribution in [3.8, 4) is 0 Å². The minimum atomic E-state index is 0.265. The first-order valence-electron chi connectivity index (χ1n) is 7.11. The molecule has 1 aliphatic carbocycles. The van der Waals surface area contributed by atoms with E-state index < -0.39 is 0 Å². The minimum absolute atomic E-state index is 0.265. The number of benzene rings is 2. The lowest BCUT2D eigenvalue weighted by atomic mass is 9.96. The van der Waals surface area contributed by atoms with E-state index in [4.69, 9.17) is 0 Å². The molecule has 0 saturated heterocycles. The average molecular weight is 262 g/mol. The number of allylic oxidation sites excluding steroid dienone is 1. The van der Waals surface area contributed by atoms with Crippen LogP contribution in [-0.2, 0) is 11.2 Å². The molecule has 0 aliphatic heterocycles. The zero-order valence-corrected chi connectivity index (χ0v) is 11.7. The van der Waals surface area contributed by atoms with Gasteiger partial charge in [-0.25, -0.2) is 0 Å². The van der Waals surface area contributed by atoms with Gasteiger partial charge < -0.3 is 4.79 Å². The van der Waals surface area contributed by atoms with E-state index in [9.17, 15) is 4.79 Å². The van der Waals surface area contributed by atoms with E-state index in [0.717, 1.165) is 12.8 Å². The van der Waals surface area contributed by atoms with Crippen LogP contribution < -0.4 is 0 Å². The maximum Gasteiger partial charge on any atom is 0.130 e. The maximum atomic E-state index is 11.3. The predicted molar refractivity (Wildman–Crippen MR) is 82.5 cm³/mol. The molecule has 2 aromatic rings. The molecule has 3 rings (SSSR count). The highest BCUT2D eigenvalue weighted by atomic mass is 16.1. The van der Waals surface area contributed by atoms with Crippen LogP contribution in [0.1, 0.15) is 36.5 Å². The number of Topliss-reactive ketones (excluding diaryl/α,β-unsaturated/α-hetero) is 1. The Kier molecular flexibility index (Phi) is 3.51. The van der Waals surface area contributed by atoms with Gasteiger partial charge in [0.25, 0.3) is 0 Å². The lowest BCUT2D eigenvalue weighted by Crippen LogP contribution is -1.94. The van der Waals surface area contributed by atoms with Crippen molar-refractivity contribution in [3.63, 3.8) is 0 Å². The fourth-order valence-corrected chi connectivity index (χ4v) is 2.93. The Hall–Kier alpha value is -2.15. The van der Waals surface area contributed by atoms with Gasteiger partial charge in [0.05, 0.1) is 0 Å². The highest BCUT2D eigenvalue weighted by Crippen LogP contribution is 2.39. The molecule has 0 radical (unpaired) electrons. The van der Waals surface area contributed by atoms with Gasteiger partial charge in [0.1, 0.15) is 5.78 Å². The van der Waals surface area contributed by atoms with Gasteiger partial charge in [-0.05, 0) is 42.0 Å². The summed E-state index contributed by atoms with van der Waals surface area (Å²) in [5, 5.41) is 0. The number of ketones is 1. The Balaban J connectivity index is 2.05. The summed E-state index contributed by atoms with van der Waals surface area (Å²) >= 11 is 0. The van der Waals surface area contributed by atoms with Gasteiger partial charge in [-0.15, -0.1) is 0 Å². The van der Waals surface area contributed by atoms with E-state index in [1.54, 1.807) is 6.92 Å². The second-order valence-electron chi connectivity index (χ2n) is 5.38. The first-order valence-corrected chi connectivity index (χ1v) is 7.11. The number of hydrogen-bond acceptors (Lipinski definition) is 1. The van der Waals surface area contributed by atoms with E-state index in [0.29, 0.717) is 6.42 Å². The Bertz CT molecular complexity index is 665. The van der Waals surface area contributed by atoms with Crippen LogP contribution >= 0.6 is 0 Å². The van der Waals surface area contributed by atoms with Crippen LogP contribution in [0.25, 0.3) is 5.57 Å². The van der Waals surface area contributed by atoms with Crippen LogP contribution in [0.4, 0.5) is 0 Å². The van der Waals surface area contributed by atoms with E-state index in [1.807, 2.05) is 6.07 Å². The van der Waals surface area contributed by atoms with Gasteiger partial charge in [-0.1, -0.05) is 60.2 Å². The summed E-state index contributed by atoms with van der Waals surface area (Å²) in [5.41, 5.74) is 6.70. The number of carbonyl (C=O) groups is 1. The third-order valence-electron chi connectivity index (χ3n) is 3.89. The molecule has 0 amide bonds. The molecular weight excluding hydrogens is 244 g/mol. The van der Waals surface area contributed by atoms with E-state index >= 15 is 0 Å². The highest BCUT2D eigenvalue weighted by molar-refractivity contribution is 5.87. The molecular formula is C19H18O. The normalized spacial score (nSPS) is 13.4. The maximum absolute atomic E-state index is 11.3. The van der Waals surface area contributed by atoms with Crippen molar-refractivity contribution in [2.75, 3.05) is 0 Å². The van der Waals surface area contributed by atoms with Crippen molar-refractivity contribution in [2.45, 2.75) is 26.2 Å². The minimum Gasteiger partial charge on any atom is -0.300 e. The van der Waals surface area contributed by atoms with E-state index in [1.165, 1.54) is 27.8 Å². The lowest BCUT2D eigenvalue weighted by Gasteiger charge is -2.08. The molecule has 100 valence electrons. The third kappa shape index (κ3) is 2.44. The molecule has 0 unspecified atom stereocenters. The average Bonchev–Trinajstić information content (AvgIpc) is 2.84. The van der Waals surface area contributed by atoms with Gasteiger partial charge in [0.15, 0.2) is 0 Å². The Labute approximate surface area is 120 Å². The summed E-state index contributed by atoms with van der Waals surface area (Å²) in [4.78, 5) is 11.3. The van der Waals surface area contributed by atoms with Crippen LogP contribution in [0.5, 0.6) is 0 Å². The van der Waals surface area contributed by atoms with Crippen molar-refractivity contribution in [2.24, 2.45) is 0 Å². The number of fused-ring (bicyclic) bond motifs is 1. The topological polar surface area (TPSA) is 17.1 Å². The van der Waals surface area contributed by atoms with Crippen molar-refractivity contribution in [3.05, 3.63) is 76.9 Å². The number of hydrogen-bond donors (Lipinski definition) is 0. The molecule has 0 atom stereocenters. The highest BCUT2D eigenvalue weighted by Gasteiger charge is 2.21. The molecule has 1 heteroatoms. The van der Waals surface area contributed by atoms with Crippen molar-refractivity contribution >= 4 is 11.4 Å². The van der Waals surface area contributed by atoms with Gasteiger partial charge in [-0.3, -0.25) is 0 Å². The number of carbonyl (C=O) groups excluding carboxylic acids is 1. The summed E-state index contributed by atoms with van der Waals surface area (Å²) in [7, 11) is 0. The largest absolute Gasteiger partial charge is 0.300 e. The SMILES string of the molecule is CC(=O)CCC1=C(c2ccccc2)c2ccccc2C1. The zero-order valence-electron chi connectivity index (χ0n) is 11.7. The lowest BCUT2D eigenvalue weighted by molar-refractivity contribution is -0.116. The van der Waals surface area contributed by atoms with Gasteiger partial charge in [0, 0.05) is 6.42 Å². The van der Waals surface area contributed by atoms with Crippen LogP contribution in [-0.4, -0.2) is 5.78 Å². The van der Waals surface area contributed by atoms with Gasteiger partial charge >= 0.3 is 0 Å². The van der Waals surface area contributed by atoms with E-state index in [-0.39, 0.29) is 5.78 Å². The molecule has 1 aliphatic rings. The summed E-state index contributed by atoms with van der Waals surface area (Å²) in [6, 6.07) is 19.1. The Morgan fingerprint density at radius 1 is 1.00 bits per heavy atom. The standard InChI is InChI=1S/C19H18O/c1-14(20)11-12-17-13-16-9-5-6-10-18(16)19(17)15-7-3-2-4-8-15/h2-10H,11-13H2,1H3. The van der Waals surface area contributed by atoms with Gasteiger partial charge in [0.2, 0.25) is 0 Å². The fourth-order valence-electron chi connectivity index (χ4n) is 2.93. The molecule has 0 aromatic heterocycles. The molecule has 0 heterocycles. The van der Waals surface area contributed by atoms with Crippen LogP contribution in [0.3, 0.4) is 0 Å². The molecule has 20 heavy (non-hydrogen) atoms. The van der Waals surface area contributed by atoms with Crippen LogP contribution in [0.15, 0.2) is 60.2 Å². The van der Waals surface area contributed by atoms with Crippen molar-refractivity contribution in [1.29, 1.82) is 0 Å². The first-order chi connectivity index (χ1) is 9.75. The second-order valence-corrected chi connectivity index (χ2v) is 5.38. The summed E-state index contributed by atoms with van der Waals surface area (Å²) in [6.07, 6.45) is 2.49. The van der Waals surface area contributed by atoms with Gasteiger partial charge in [-0.2, -0.15) is 0 Å². The van der Waals surface area contributed by atoms with Crippen molar-refractivity contribution in [1.82, 2.24) is 0 Å². The summed E-state index contributed by atoms with van der Waals surface area (Å²) in [6.45, 7) is 1.67. The quantitative estimate of drug-likeness (QED) is 0.797. The number of rotatable bonds is 4. The summed E-state index contributed by atoms with van der Waals surface area (Å²) in [5.74, 6) is 0.265. The summed E-state index contributed by atoms with van der Waals surface area (Å²) < 4.78 is 0. The molecule has 2 aromatic carbocycles. The zero-order chi connectivity index (χ0) is 13.9. The molecule has 0 N–H and O–H groups in total. The monoisotopic (exact) mass is 262 g/mol. The smallest absolute Gasteiger partial charge is 0.130 e.